The maximum atomic E-state index is 2.75. The fraction of sp³-hybridized carbons (Fsp3) is 0.684. The lowest BCUT2D eigenvalue weighted by atomic mass is 9.76. The molecule has 0 bridgehead atoms. The Morgan fingerprint density at radius 1 is 1.15 bits per heavy atom. The molecule has 0 aromatic heterocycles. The first kappa shape index (κ1) is 12.9. The van der Waals surface area contributed by atoms with Gasteiger partial charge < -0.3 is 0 Å². The van der Waals surface area contributed by atoms with E-state index < -0.39 is 0 Å². The summed E-state index contributed by atoms with van der Waals surface area (Å²) in [5, 5.41) is 0. The molecule has 1 nitrogen and oxygen atoms in total. The minimum atomic E-state index is 0.663. The summed E-state index contributed by atoms with van der Waals surface area (Å²) >= 11 is 0. The summed E-state index contributed by atoms with van der Waals surface area (Å²) in [6, 6.07) is 5.05. The van der Waals surface area contributed by atoms with Gasteiger partial charge in [0.05, 0.1) is 0 Å². The molecule has 1 aromatic rings. The van der Waals surface area contributed by atoms with Gasteiger partial charge in [0.2, 0.25) is 0 Å². The largest absolute Gasteiger partial charge is 0.298 e. The van der Waals surface area contributed by atoms with E-state index in [2.05, 4.69) is 30.9 Å². The third-order valence-electron chi connectivity index (χ3n) is 5.53. The van der Waals surface area contributed by atoms with Crippen molar-refractivity contribution in [3.8, 4) is 0 Å². The molecule has 1 saturated carbocycles. The molecule has 1 aliphatic heterocycles. The van der Waals surface area contributed by atoms with Gasteiger partial charge in [0.25, 0.3) is 0 Å². The van der Waals surface area contributed by atoms with Gasteiger partial charge in [-0.1, -0.05) is 26.0 Å². The SMILES string of the molecule is CC(C)c1cc2c3c(c1)CN(CC1CC1)CC3CCC2. The normalized spacial score (nSPS) is 25.9. The summed E-state index contributed by atoms with van der Waals surface area (Å²) in [6.07, 6.45) is 7.09. The highest BCUT2D eigenvalue weighted by Gasteiger charge is 2.33. The van der Waals surface area contributed by atoms with Crippen LogP contribution in [0, 0.1) is 5.92 Å². The first-order valence-corrected chi connectivity index (χ1v) is 8.58. The summed E-state index contributed by atoms with van der Waals surface area (Å²) in [4.78, 5) is 2.75. The molecular weight excluding hydrogens is 242 g/mol. The molecule has 3 aliphatic rings. The number of hydrogen-bond donors (Lipinski definition) is 0. The second-order valence-corrected chi connectivity index (χ2v) is 7.63. The van der Waals surface area contributed by atoms with Crippen LogP contribution in [0.5, 0.6) is 0 Å². The van der Waals surface area contributed by atoms with E-state index in [4.69, 9.17) is 0 Å². The molecule has 20 heavy (non-hydrogen) atoms. The first-order valence-electron chi connectivity index (χ1n) is 8.58. The zero-order valence-corrected chi connectivity index (χ0v) is 13.0. The van der Waals surface area contributed by atoms with Gasteiger partial charge in [-0.15, -0.1) is 0 Å². The molecule has 1 aromatic carbocycles. The van der Waals surface area contributed by atoms with Gasteiger partial charge in [0, 0.05) is 19.6 Å². The van der Waals surface area contributed by atoms with Crippen molar-refractivity contribution in [2.24, 2.45) is 5.92 Å². The van der Waals surface area contributed by atoms with Crippen molar-refractivity contribution in [3.63, 3.8) is 0 Å². The summed E-state index contributed by atoms with van der Waals surface area (Å²) < 4.78 is 0. The van der Waals surface area contributed by atoms with E-state index in [1.807, 2.05) is 0 Å². The highest BCUT2D eigenvalue weighted by molar-refractivity contribution is 5.45. The van der Waals surface area contributed by atoms with E-state index >= 15 is 0 Å². The molecule has 1 heterocycles. The van der Waals surface area contributed by atoms with Gasteiger partial charge in [-0.05, 0) is 72.1 Å². The second kappa shape index (κ2) is 4.87. The fourth-order valence-electron chi connectivity index (χ4n) is 4.29. The minimum Gasteiger partial charge on any atom is -0.298 e. The first-order chi connectivity index (χ1) is 9.70. The molecule has 0 N–H and O–H groups in total. The standard InChI is InChI=1S/C19H27N/c1-13(2)17-8-15-4-3-5-16-11-20(10-14-6-7-14)12-18(9-17)19(15)16/h8-9,13-14,16H,3-7,10-12H2,1-2H3. The average Bonchev–Trinajstić information content (AvgIpc) is 3.22. The van der Waals surface area contributed by atoms with Gasteiger partial charge >= 0.3 is 0 Å². The smallest absolute Gasteiger partial charge is 0.0237 e. The Morgan fingerprint density at radius 2 is 1.95 bits per heavy atom. The van der Waals surface area contributed by atoms with Crippen LogP contribution >= 0.6 is 0 Å². The number of hydrogen-bond acceptors (Lipinski definition) is 1. The van der Waals surface area contributed by atoms with Crippen molar-refractivity contribution < 1.29 is 0 Å². The fourth-order valence-corrected chi connectivity index (χ4v) is 4.29. The molecular formula is C19H27N. The molecule has 0 radical (unpaired) electrons. The van der Waals surface area contributed by atoms with E-state index in [1.54, 1.807) is 22.3 Å². The Morgan fingerprint density at radius 3 is 2.70 bits per heavy atom. The van der Waals surface area contributed by atoms with Gasteiger partial charge in [-0.2, -0.15) is 0 Å². The zero-order chi connectivity index (χ0) is 13.7. The lowest BCUT2D eigenvalue weighted by Gasteiger charge is -2.39. The van der Waals surface area contributed by atoms with Crippen LogP contribution in [-0.2, 0) is 13.0 Å². The van der Waals surface area contributed by atoms with Crippen LogP contribution in [-0.4, -0.2) is 18.0 Å². The molecule has 2 aliphatic carbocycles. The second-order valence-electron chi connectivity index (χ2n) is 7.63. The molecule has 1 unspecified atom stereocenters. The maximum absolute atomic E-state index is 2.75. The number of nitrogens with zero attached hydrogens (tertiary/aromatic N) is 1. The number of rotatable bonds is 3. The number of benzene rings is 1. The molecule has 4 rings (SSSR count). The predicted molar refractivity (Wildman–Crippen MR) is 84.2 cm³/mol. The van der Waals surface area contributed by atoms with Crippen LogP contribution in [0.25, 0.3) is 0 Å². The van der Waals surface area contributed by atoms with Gasteiger partial charge in [0.15, 0.2) is 0 Å². The molecule has 108 valence electrons. The maximum Gasteiger partial charge on any atom is 0.0237 e. The van der Waals surface area contributed by atoms with Gasteiger partial charge in [-0.3, -0.25) is 4.90 Å². The molecule has 0 saturated heterocycles. The summed E-state index contributed by atoms with van der Waals surface area (Å²) in [6.45, 7) is 8.57. The number of aryl methyl sites for hydroxylation is 1. The Hall–Kier alpha value is -0.820. The highest BCUT2D eigenvalue weighted by Crippen LogP contribution is 2.41. The Labute approximate surface area is 123 Å². The van der Waals surface area contributed by atoms with Crippen LogP contribution in [0.4, 0.5) is 0 Å². The third-order valence-corrected chi connectivity index (χ3v) is 5.53. The van der Waals surface area contributed by atoms with E-state index in [9.17, 15) is 0 Å². The summed E-state index contributed by atoms with van der Waals surface area (Å²) in [7, 11) is 0. The Kier molecular flexibility index (Phi) is 3.14. The Balaban J connectivity index is 1.70. The van der Waals surface area contributed by atoms with Crippen molar-refractivity contribution >= 4 is 0 Å². The van der Waals surface area contributed by atoms with Crippen LogP contribution < -0.4 is 0 Å². The Bertz CT molecular complexity index is 513. The van der Waals surface area contributed by atoms with Gasteiger partial charge in [0.1, 0.15) is 0 Å². The average molecular weight is 269 g/mol. The minimum absolute atomic E-state index is 0.663. The van der Waals surface area contributed by atoms with Crippen LogP contribution in [0.1, 0.15) is 73.6 Å². The zero-order valence-electron chi connectivity index (χ0n) is 13.0. The van der Waals surface area contributed by atoms with Crippen molar-refractivity contribution in [2.45, 2.75) is 64.3 Å². The van der Waals surface area contributed by atoms with E-state index in [-0.39, 0.29) is 0 Å². The van der Waals surface area contributed by atoms with Crippen LogP contribution in [0.15, 0.2) is 12.1 Å². The van der Waals surface area contributed by atoms with E-state index in [0.717, 1.165) is 11.8 Å². The summed E-state index contributed by atoms with van der Waals surface area (Å²) in [5.41, 5.74) is 6.68. The van der Waals surface area contributed by atoms with Crippen molar-refractivity contribution in [1.82, 2.24) is 4.90 Å². The lowest BCUT2D eigenvalue weighted by molar-refractivity contribution is 0.211. The van der Waals surface area contributed by atoms with E-state index in [1.165, 1.54) is 51.7 Å². The highest BCUT2D eigenvalue weighted by atomic mass is 15.1. The topological polar surface area (TPSA) is 3.24 Å². The van der Waals surface area contributed by atoms with E-state index in [0.29, 0.717) is 5.92 Å². The van der Waals surface area contributed by atoms with Crippen LogP contribution in [0.3, 0.4) is 0 Å². The molecule has 1 atom stereocenters. The lowest BCUT2D eigenvalue weighted by Crippen LogP contribution is -2.37. The molecule has 1 fully saturated rings. The predicted octanol–water partition coefficient (Wildman–Crippen LogP) is 4.46. The van der Waals surface area contributed by atoms with Crippen molar-refractivity contribution in [2.75, 3.05) is 13.1 Å². The molecule has 0 spiro atoms. The molecule has 0 amide bonds. The monoisotopic (exact) mass is 269 g/mol. The van der Waals surface area contributed by atoms with Crippen molar-refractivity contribution in [3.05, 3.63) is 34.4 Å². The third kappa shape index (κ3) is 2.30. The molecule has 1 heteroatoms. The summed E-state index contributed by atoms with van der Waals surface area (Å²) in [5.74, 6) is 2.52. The van der Waals surface area contributed by atoms with Crippen LogP contribution in [0.2, 0.25) is 0 Å². The quantitative estimate of drug-likeness (QED) is 0.783. The van der Waals surface area contributed by atoms with Gasteiger partial charge in [-0.25, -0.2) is 0 Å². The van der Waals surface area contributed by atoms with Crippen molar-refractivity contribution in [1.29, 1.82) is 0 Å².